The molecule has 0 aliphatic carbocycles. The molecule has 2 N–H and O–H groups in total. The number of hydrogen-bond donors (Lipinski definition) is 1. The maximum Gasteiger partial charge on any atom is 0.217 e. The lowest BCUT2D eigenvalue weighted by Gasteiger charge is -1.92. The highest BCUT2D eigenvalue weighted by Gasteiger charge is 1.93. The second kappa shape index (κ2) is 6.19. The van der Waals surface area contributed by atoms with E-state index in [4.69, 9.17) is 5.73 Å². The average Bonchev–Trinajstić information content (AvgIpc) is 1.87. The summed E-state index contributed by atoms with van der Waals surface area (Å²) in [6.07, 6.45) is 2.80. The number of nitrogens with two attached hydrogens (primary N) is 1. The van der Waals surface area contributed by atoms with Crippen LogP contribution in [0.3, 0.4) is 0 Å². The van der Waals surface area contributed by atoms with Crippen LogP contribution >= 0.6 is 0 Å². The van der Waals surface area contributed by atoms with E-state index in [2.05, 4.69) is 5.18 Å². The molecule has 4 heteroatoms. The van der Waals surface area contributed by atoms with E-state index in [0.29, 0.717) is 13.0 Å². The Labute approximate surface area is 59.8 Å². The number of unbranched alkanes of at least 4 members (excludes halogenated alkanes) is 2. The predicted molar refractivity (Wildman–Crippen MR) is 38.3 cm³/mol. The monoisotopic (exact) mass is 144 g/mol. The van der Waals surface area contributed by atoms with Gasteiger partial charge in [-0.05, 0) is 12.8 Å². The van der Waals surface area contributed by atoms with Crippen LogP contribution in [0.1, 0.15) is 25.7 Å². The van der Waals surface area contributed by atoms with Crippen molar-refractivity contribution in [2.24, 2.45) is 10.9 Å². The van der Waals surface area contributed by atoms with Crippen molar-refractivity contribution in [1.29, 1.82) is 0 Å². The van der Waals surface area contributed by atoms with Gasteiger partial charge in [-0.2, -0.15) is 4.91 Å². The van der Waals surface area contributed by atoms with Crippen LogP contribution < -0.4 is 5.73 Å². The molecule has 0 fully saturated rings. The second-order valence-electron chi connectivity index (χ2n) is 2.13. The van der Waals surface area contributed by atoms with E-state index in [0.717, 1.165) is 19.3 Å². The van der Waals surface area contributed by atoms with Gasteiger partial charge in [0.25, 0.3) is 0 Å². The van der Waals surface area contributed by atoms with Gasteiger partial charge in [-0.25, -0.2) is 0 Å². The predicted octanol–water partition coefficient (Wildman–Crippen LogP) is 0.798. The van der Waals surface area contributed by atoms with Crippen molar-refractivity contribution < 1.29 is 4.79 Å². The molecule has 0 saturated heterocycles. The third-order valence-electron chi connectivity index (χ3n) is 1.17. The Hall–Kier alpha value is -0.930. The molecule has 10 heavy (non-hydrogen) atoms. The second-order valence-corrected chi connectivity index (χ2v) is 2.13. The van der Waals surface area contributed by atoms with E-state index in [1.54, 1.807) is 0 Å². The summed E-state index contributed by atoms with van der Waals surface area (Å²) in [6.45, 7) is 0.346. The zero-order chi connectivity index (χ0) is 7.82. The van der Waals surface area contributed by atoms with Crippen molar-refractivity contribution in [2.45, 2.75) is 25.7 Å². The first-order valence-electron chi connectivity index (χ1n) is 3.35. The molecule has 0 rings (SSSR count). The van der Waals surface area contributed by atoms with Crippen molar-refractivity contribution in [1.82, 2.24) is 0 Å². The van der Waals surface area contributed by atoms with Gasteiger partial charge in [0.1, 0.15) is 0 Å². The lowest BCUT2D eigenvalue weighted by molar-refractivity contribution is -0.118. The molecule has 0 unspecified atom stereocenters. The molecule has 0 radical (unpaired) electrons. The maximum atomic E-state index is 10.2. The minimum absolute atomic E-state index is 0.279. The van der Waals surface area contributed by atoms with E-state index in [-0.39, 0.29) is 5.91 Å². The minimum atomic E-state index is -0.279. The van der Waals surface area contributed by atoms with Gasteiger partial charge in [0.15, 0.2) is 0 Å². The molecule has 0 aromatic rings. The van der Waals surface area contributed by atoms with E-state index < -0.39 is 0 Å². The molecule has 0 aromatic carbocycles. The fraction of sp³-hybridized carbons (Fsp3) is 0.833. The largest absolute Gasteiger partial charge is 0.370 e. The lowest BCUT2D eigenvalue weighted by Crippen LogP contribution is -2.09. The number of nitroso groups, excluding NO2 is 1. The van der Waals surface area contributed by atoms with Gasteiger partial charge in [-0.1, -0.05) is 11.6 Å². The zero-order valence-electron chi connectivity index (χ0n) is 5.88. The summed E-state index contributed by atoms with van der Waals surface area (Å²) >= 11 is 0. The first-order valence-corrected chi connectivity index (χ1v) is 3.35. The van der Waals surface area contributed by atoms with Crippen LogP contribution in [0.4, 0.5) is 0 Å². The quantitative estimate of drug-likeness (QED) is 0.442. The normalized spacial score (nSPS) is 9.20. The molecular weight excluding hydrogens is 132 g/mol. The van der Waals surface area contributed by atoms with E-state index in [1.165, 1.54) is 0 Å². The van der Waals surface area contributed by atoms with Gasteiger partial charge < -0.3 is 5.73 Å². The van der Waals surface area contributed by atoms with Crippen molar-refractivity contribution in [3.05, 3.63) is 4.91 Å². The summed E-state index contributed by atoms with van der Waals surface area (Å²) in [5, 5.41) is 2.69. The van der Waals surface area contributed by atoms with Gasteiger partial charge in [0.05, 0.1) is 6.54 Å². The van der Waals surface area contributed by atoms with Gasteiger partial charge in [-0.15, -0.1) is 0 Å². The van der Waals surface area contributed by atoms with Gasteiger partial charge in [-0.3, -0.25) is 4.79 Å². The number of nitrogens with zero attached hydrogens (tertiary/aromatic N) is 1. The number of amides is 1. The molecule has 0 aromatic heterocycles. The van der Waals surface area contributed by atoms with E-state index >= 15 is 0 Å². The van der Waals surface area contributed by atoms with Gasteiger partial charge in [0.2, 0.25) is 5.91 Å². The fourth-order valence-electron chi connectivity index (χ4n) is 0.652. The number of rotatable bonds is 6. The fourth-order valence-corrected chi connectivity index (χ4v) is 0.652. The number of carbonyl (C=O) groups excluding carboxylic acids is 1. The van der Waals surface area contributed by atoms with Crippen molar-refractivity contribution in [2.75, 3.05) is 6.54 Å². The van der Waals surface area contributed by atoms with Gasteiger partial charge in [0, 0.05) is 6.42 Å². The highest BCUT2D eigenvalue weighted by Crippen LogP contribution is 1.98. The average molecular weight is 144 g/mol. The topological polar surface area (TPSA) is 72.5 Å². The van der Waals surface area contributed by atoms with Crippen LogP contribution in [0.5, 0.6) is 0 Å². The van der Waals surface area contributed by atoms with E-state index in [9.17, 15) is 9.70 Å². The van der Waals surface area contributed by atoms with Crippen LogP contribution in [0.25, 0.3) is 0 Å². The summed E-state index contributed by atoms with van der Waals surface area (Å²) in [6, 6.07) is 0. The molecule has 58 valence electrons. The Morgan fingerprint density at radius 1 is 1.30 bits per heavy atom. The zero-order valence-corrected chi connectivity index (χ0v) is 5.88. The smallest absolute Gasteiger partial charge is 0.217 e. The third-order valence-corrected chi connectivity index (χ3v) is 1.17. The summed E-state index contributed by atoms with van der Waals surface area (Å²) in [7, 11) is 0. The van der Waals surface area contributed by atoms with Crippen LogP contribution in [-0.2, 0) is 4.79 Å². The van der Waals surface area contributed by atoms with Crippen LogP contribution in [0, 0.1) is 4.91 Å². The van der Waals surface area contributed by atoms with Crippen LogP contribution in [0.15, 0.2) is 5.18 Å². The first-order chi connectivity index (χ1) is 4.77. The number of carbonyl (C=O) groups is 1. The Morgan fingerprint density at radius 3 is 2.50 bits per heavy atom. The van der Waals surface area contributed by atoms with E-state index in [1.807, 2.05) is 0 Å². The maximum absolute atomic E-state index is 10.2. The Kier molecular flexibility index (Phi) is 5.62. The summed E-state index contributed by atoms with van der Waals surface area (Å²) in [5.74, 6) is -0.279. The molecule has 0 bridgehead atoms. The Morgan fingerprint density at radius 2 is 2.00 bits per heavy atom. The molecule has 1 amide bonds. The number of primary amides is 1. The molecule has 0 atom stereocenters. The number of hydrogen-bond acceptors (Lipinski definition) is 3. The standard InChI is InChI=1S/C6H12N2O2/c7-6(9)4-2-1-3-5-8-10/h1-5H2,(H2,7,9). The van der Waals surface area contributed by atoms with Crippen molar-refractivity contribution >= 4 is 5.91 Å². The molecule has 0 aliphatic rings. The molecular formula is C6H12N2O2. The highest BCUT2D eigenvalue weighted by atomic mass is 16.3. The minimum Gasteiger partial charge on any atom is -0.370 e. The SMILES string of the molecule is NC(=O)CCCCCN=O. The highest BCUT2D eigenvalue weighted by molar-refractivity contribution is 5.73. The molecule has 0 heterocycles. The summed E-state index contributed by atoms with van der Waals surface area (Å²) < 4.78 is 0. The lowest BCUT2D eigenvalue weighted by atomic mass is 10.2. The first kappa shape index (κ1) is 9.07. The molecule has 4 nitrogen and oxygen atoms in total. The third kappa shape index (κ3) is 7.07. The van der Waals surface area contributed by atoms with Crippen LogP contribution in [0.2, 0.25) is 0 Å². The van der Waals surface area contributed by atoms with Crippen LogP contribution in [-0.4, -0.2) is 12.5 Å². The van der Waals surface area contributed by atoms with Gasteiger partial charge >= 0.3 is 0 Å². The molecule has 0 spiro atoms. The molecule has 0 aliphatic heterocycles. The summed E-state index contributed by atoms with van der Waals surface area (Å²) in [5.41, 5.74) is 4.88. The summed E-state index contributed by atoms with van der Waals surface area (Å²) in [4.78, 5) is 19.7. The Balaban J connectivity index is 2.90. The van der Waals surface area contributed by atoms with Crippen molar-refractivity contribution in [3.63, 3.8) is 0 Å². The van der Waals surface area contributed by atoms with Crippen molar-refractivity contribution in [3.8, 4) is 0 Å². The Bertz CT molecular complexity index is 114. The molecule has 0 saturated carbocycles.